The van der Waals surface area contributed by atoms with E-state index in [0.29, 0.717) is 31.9 Å². The van der Waals surface area contributed by atoms with Crippen LogP contribution in [0.3, 0.4) is 0 Å². The van der Waals surface area contributed by atoms with Crippen LogP contribution in [0.4, 0.5) is 11.4 Å². The zero-order chi connectivity index (χ0) is 11.4. The molecule has 0 atom stereocenters. The van der Waals surface area contributed by atoms with Gasteiger partial charge in [-0.25, -0.2) is 0 Å². The van der Waals surface area contributed by atoms with Gasteiger partial charge in [-0.05, 0) is 18.2 Å². The van der Waals surface area contributed by atoms with E-state index in [9.17, 15) is 9.59 Å². The summed E-state index contributed by atoms with van der Waals surface area (Å²) in [5, 5.41) is 3.17. The Morgan fingerprint density at radius 1 is 1.44 bits per heavy atom. The fraction of sp³-hybridized carbons (Fsp3) is 0.273. The van der Waals surface area contributed by atoms with Crippen molar-refractivity contribution in [1.29, 1.82) is 0 Å². The molecule has 16 heavy (non-hydrogen) atoms. The Bertz CT molecular complexity index is 406. The number of rotatable bonds is 5. The van der Waals surface area contributed by atoms with Crippen molar-refractivity contribution >= 4 is 24.1 Å². The lowest BCUT2D eigenvalue weighted by Gasteiger charge is -2.16. The molecule has 0 spiro atoms. The summed E-state index contributed by atoms with van der Waals surface area (Å²) in [5.74, 6) is 0. The Morgan fingerprint density at radius 3 is 3.06 bits per heavy atom. The number of ether oxygens (including phenoxy) is 1. The molecule has 1 aliphatic heterocycles. The molecule has 1 aliphatic rings. The number of hydrogen-bond donors (Lipinski definition) is 1. The highest BCUT2D eigenvalue weighted by Gasteiger charge is 2.17. The maximum Gasteiger partial charge on any atom is 0.293 e. The SMILES string of the molecule is O=COCCN1CNc2cc(C=O)ccc21. The Labute approximate surface area is 93.0 Å². The number of hydrogen-bond acceptors (Lipinski definition) is 5. The molecule has 0 saturated carbocycles. The molecule has 1 aromatic rings. The van der Waals surface area contributed by atoms with Crippen LogP contribution in [0.5, 0.6) is 0 Å². The van der Waals surface area contributed by atoms with Crippen LogP contribution in [0.15, 0.2) is 18.2 Å². The Hall–Kier alpha value is -2.04. The fourth-order valence-corrected chi connectivity index (χ4v) is 1.72. The van der Waals surface area contributed by atoms with Crippen molar-refractivity contribution in [2.45, 2.75) is 0 Å². The van der Waals surface area contributed by atoms with Crippen molar-refractivity contribution in [1.82, 2.24) is 0 Å². The number of aldehydes is 1. The quantitative estimate of drug-likeness (QED) is 0.589. The summed E-state index contributed by atoms with van der Waals surface area (Å²) in [6.07, 6.45) is 0.820. The molecule has 0 saturated heterocycles. The van der Waals surface area contributed by atoms with Gasteiger partial charge < -0.3 is 15.0 Å². The highest BCUT2D eigenvalue weighted by atomic mass is 16.5. The van der Waals surface area contributed by atoms with Crippen molar-refractivity contribution in [3.05, 3.63) is 23.8 Å². The number of carbonyl (C=O) groups is 2. The van der Waals surface area contributed by atoms with Crippen molar-refractivity contribution in [2.24, 2.45) is 0 Å². The lowest BCUT2D eigenvalue weighted by molar-refractivity contribution is -0.128. The van der Waals surface area contributed by atoms with Gasteiger partial charge in [-0.1, -0.05) is 0 Å². The van der Waals surface area contributed by atoms with E-state index in [-0.39, 0.29) is 0 Å². The van der Waals surface area contributed by atoms with Gasteiger partial charge >= 0.3 is 0 Å². The Balaban J connectivity index is 2.08. The molecule has 1 aromatic carbocycles. The zero-order valence-corrected chi connectivity index (χ0v) is 8.68. The van der Waals surface area contributed by atoms with E-state index in [1.807, 2.05) is 17.0 Å². The van der Waals surface area contributed by atoms with Gasteiger partial charge in [0.05, 0.1) is 24.6 Å². The topological polar surface area (TPSA) is 58.6 Å². The Kier molecular flexibility index (Phi) is 3.05. The van der Waals surface area contributed by atoms with Gasteiger partial charge in [0.25, 0.3) is 6.47 Å². The number of nitrogens with one attached hydrogen (secondary N) is 1. The molecule has 0 aliphatic carbocycles. The molecule has 0 bridgehead atoms. The van der Waals surface area contributed by atoms with Crippen LogP contribution >= 0.6 is 0 Å². The smallest absolute Gasteiger partial charge is 0.293 e. The minimum absolute atomic E-state index is 0.361. The van der Waals surface area contributed by atoms with Gasteiger partial charge in [0, 0.05) is 5.56 Å². The van der Waals surface area contributed by atoms with Crippen LogP contribution in [-0.2, 0) is 9.53 Å². The molecule has 0 amide bonds. The van der Waals surface area contributed by atoms with E-state index < -0.39 is 0 Å². The molecule has 1 heterocycles. The zero-order valence-electron chi connectivity index (χ0n) is 8.68. The fourth-order valence-electron chi connectivity index (χ4n) is 1.72. The van der Waals surface area contributed by atoms with Crippen molar-refractivity contribution < 1.29 is 14.3 Å². The summed E-state index contributed by atoms with van der Waals surface area (Å²) >= 11 is 0. The van der Waals surface area contributed by atoms with Gasteiger partial charge in [0.15, 0.2) is 0 Å². The highest BCUT2D eigenvalue weighted by Crippen LogP contribution is 2.31. The summed E-state index contributed by atoms with van der Waals surface area (Å²) in [4.78, 5) is 22.7. The van der Waals surface area contributed by atoms with Gasteiger partial charge in [0.1, 0.15) is 12.9 Å². The molecule has 0 fully saturated rings. The predicted octanol–water partition coefficient (Wildman–Crippen LogP) is 0.861. The molecular formula is C11H12N2O3. The first-order valence-electron chi connectivity index (χ1n) is 4.98. The monoisotopic (exact) mass is 220 g/mol. The van der Waals surface area contributed by atoms with E-state index in [0.717, 1.165) is 17.7 Å². The second kappa shape index (κ2) is 4.65. The molecule has 0 aromatic heterocycles. The Morgan fingerprint density at radius 2 is 2.31 bits per heavy atom. The number of fused-ring (bicyclic) bond motifs is 1. The number of carbonyl (C=O) groups excluding carboxylic acids is 2. The van der Waals surface area contributed by atoms with Crippen molar-refractivity contribution in [3.8, 4) is 0 Å². The minimum Gasteiger partial charge on any atom is -0.466 e. The molecule has 84 valence electrons. The van der Waals surface area contributed by atoms with Crippen molar-refractivity contribution in [3.63, 3.8) is 0 Å². The summed E-state index contributed by atoms with van der Waals surface area (Å²) in [6, 6.07) is 5.47. The van der Waals surface area contributed by atoms with Crippen LogP contribution < -0.4 is 10.2 Å². The van der Waals surface area contributed by atoms with Crippen LogP contribution in [0.25, 0.3) is 0 Å². The molecule has 5 heteroatoms. The molecule has 0 radical (unpaired) electrons. The van der Waals surface area contributed by atoms with E-state index >= 15 is 0 Å². The van der Waals surface area contributed by atoms with E-state index in [2.05, 4.69) is 10.1 Å². The summed E-state index contributed by atoms with van der Waals surface area (Å²) < 4.78 is 4.65. The lowest BCUT2D eigenvalue weighted by atomic mass is 10.2. The van der Waals surface area contributed by atoms with Crippen LogP contribution in [-0.4, -0.2) is 32.6 Å². The maximum absolute atomic E-state index is 10.6. The van der Waals surface area contributed by atoms with Gasteiger partial charge in [0.2, 0.25) is 0 Å². The molecule has 5 nitrogen and oxygen atoms in total. The third-order valence-corrected chi connectivity index (χ3v) is 2.50. The first-order valence-corrected chi connectivity index (χ1v) is 4.98. The summed E-state index contributed by atoms with van der Waals surface area (Å²) in [6.45, 7) is 2.11. The largest absolute Gasteiger partial charge is 0.466 e. The average molecular weight is 220 g/mol. The highest BCUT2D eigenvalue weighted by molar-refractivity contribution is 5.83. The standard InChI is InChI=1S/C11H12N2O3/c14-6-9-1-2-11-10(5-9)12-7-13(11)3-4-16-8-15/h1-2,5-6,8,12H,3-4,7H2. The van der Waals surface area contributed by atoms with Gasteiger partial charge in [-0.2, -0.15) is 0 Å². The number of benzene rings is 1. The molecular weight excluding hydrogens is 208 g/mol. The molecule has 2 rings (SSSR count). The number of anilines is 2. The third kappa shape index (κ3) is 1.98. The van der Waals surface area contributed by atoms with E-state index in [1.54, 1.807) is 6.07 Å². The van der Waals surface area contributed by atoms with Gasteiger partial charge in [-0.3, -0.25) is 9.59 Å². The first kappa shape index (κ1) is 10.5. The van der Waals surface area contributed by atoms with Crippen LogP contribution in [0, 0.1) is 0 Å². The molecule has 1 N–H and O–H groups in total. The van der Waals surface area contributed by atoms with E-state index in [1.165, 1.54) is 0 Å². The van der Waals surface area contributed by atoms with Crippen LogP contribution in [0.2, 0.25) is 0 Å². The first-order chi connectivity index (χ1) is 7.85. The second-order valence-corrected chi connectivity index (χ2v) is 3.46. The number of nitrogens with zero attached hydrogens (tertiary/aromatic N) is 1. The van der Waals surface area contributed by atoms with Crippen LogP contribution in [0.1, 0.15) is 10.4 Å². The molecule has 0 unspecified atom stereocenters. The normalized spacial score (nSPS) is 12.9. The summed E-state index contributed by atoms with van der Waals surface area (Å²) in [5.41, 5.74) is 2.62. The average Bonchev–Trinajstić information content (AvgIpc) is 2.72. The van der Waals surface area contributed by atoms with E-state index in [4.69, 9.17) is 0 Å². The second-order valence-electron chi connectivity index (χ2n) is 3.46. The summed E-state index contributed by atoms with van der Waals surface area (Å²) in [7, 11) is 0. The minimum atomic E-state index is 0.361. The third-order valence-electron chi connectivity index (χ3n) is 2.50. The maximum atomic E-state index is 10.6. The predicted molar refractivity (Wildman–Crippen MR) is 59.7 cm³/mol. The lowest BCUT2D eigenvalue weighted by Crippen LogP contribution is -2.26. The van der Waals surface area contributed by atoms with Crippen molar-refractivity contribution in [2.75, 3.05) is 30.0 Å². The van der Waals surface area contributed by atoms with Gasteiger partial charge in [-0.15, -0.1) is 0 Å².